The third-order valence-corrected chi connectivity index (χ3v) is 3.99. The summed E-state index contributed by atoms with van der Waals surface area (Å²) < 4.78 is 5.77. The lowest BCUT2D eigenvalue weighted by Crippen LogP contribution is -2.27. The highest BCUT2D eigenvalue weighted by atomic mass is 16.4. The summed E-state index contributed by atoms with van der Waals surface area (Å²) in [5.74, 6) is 0.658. The zero-order valence-electron chi connectivity index (χ0n) is 13.8. The number of aryl methyl sites for hydroxylation is 1. The van der Waals surface area contributed by atoms with Gasteiger partial charge in [0.25, 0.3) is 5.91 Å². The topological polar surface area (TPSA) is 123 Å². The van der Waals surface area contributed by atoms with Crippen LogP contribution in [0.25, 0.3) is 0 Å². The van der Waals surface area contributed by atoms with Gasteiger partial charge in [0.05, 0.1) is 18.0 Å². The molecule has 8 heteroatoms. The minimum Gasteiger partial charge on any atom is -0.455 e. The molecular formula is C17H19N5O3. The number of hydrogen-bond acceptors (Lipinski definition) is 5. The lowest BCUT2D eigenvalue weighted by Gasteiger charge is -2.13. The highest BCUT2D eigenvalue weighted by molar-refractivity contribution is 6.06. The summed E-state index contributed by atoms with van der Waals surface area (Å²) in [5.41, 5.74) is 10.2. The Labute approximate surface area is 144 Å². The second kappa shape index (κ2) is 7.16. The van der Waals surface area contributed by atoms with Gasteiger partial charge in [-0.25, -0.2) is 10.2 Å². The second-order valence-electron chi connectivity index (χ2n) is 5.75. The molecule has 4 N–H and O–H groups in total. The van der Waals surface area contributed by atoms with Crippen molar-refractivity contribution in [3.05, 3.63) is 52.7 Å². The minimum absolute atomic E-state index is 0.259. The summed E-state index contributed by atoms with van der Waals surface area (Å²) in [5, 5.41) is 6.85. The van der Waals surface area contributed by atoms with Gasteiger partial charge >= 0.3 is 6.03 Å². The van der Waals surface area contributed by atoms with E-state index in [0.717, 1.165) is 24.1 Å². The normalized spacial score (nSPS) is 14.8. The van der Waals surface area contributed by atoms with Crippen LogP contribution in [0.15, 0.2) is 33.9 Å². The number of rotatable bonds is 4. The third-order valence-electron chi connectivity index (χ3n) is 3.99. The predicted octanol–water partition coefficient (Wildman–Crippen LogP) is 1.62. The van der Waals surface area contributed by atoms with Crippen molar-refractivity contribution in [1.82, 2.24) is 15.7 Å². The summed E-state index contributed by atoms with van der Waals surface area (Å²) in [6, 6.07) is 4.78. The van der Waals surface area contributed by atoms with Gasteiger partial charge in [0, 0.05) is 23.7 Å². The maximum Gasteiger partial charge on any atom is 0.332 e. The van der Waals surface area contributed by atoms with E-state index in [9.17, 15) is 9.59 Å². The number of aromatic nitrogens is 1. The molecule has 3 amide bonds. The summed E-state index contributed by atoms with van der Waals surface area (Å²) in [6.45, 7) is 2.12. The number of urea groups is 1. The molecule has 0 unspecified atom stereocenters. The molecule has 25 heavy (non-hydrogen) atoms. The van der Waals surface area contributed by atoms with Gasteiger partial charge in [-0.15, -0.1) is 0 Å². The Bertz CT molecular complexity index is 826. The lowest BCUT2D eigenvalue weighted by molar-refractivity contribution is 0.0920. The van der Waals surface area contributed by atoms with Gasteiger partial charge in [0.15, 0.2) is 5.76 Å². The van der Waals surface area contributed by atoms with Gasteiger partial charge in [0.2, 0.25) is 0 Å². The van der Waals surface area contributed by atoms with Crippen molar-refractivity contribution in [2.75, 3.05) is 0 Å². The number of carbonyl (C=O) groups is 2. The Balaban J connectivity index is 1.80. The number of pyridine rings is 1. The van der Waals surface area contributed by atoms with Crippen molar-refractivity contribution >= 4 is 17.6 Å². The monoisotopic (exact) mass is 341 g/mol. The van der Waals surface area contributed by atoms with E-state index in [2.05, 4.69) is 20.8 Å². The maximum absolute atomic E-state index is 12.5. The molecule has 2 aromatic heterocycles. The van der Waals surface area contributed by atoms with Crippen molar-refractivity contribution in [3.8, 4) is 0 Å². The van der Waals surface area contributed by atoms with Crippen LogP contribution in [0.1, 0.15) is 46.0 Å². The summed E-state index contributed by atoms with van der Waals surface area (Å²) in [7, 11) is 0. The first-order chi connectivity index (χ1) is 12.1. The molecule has 0 radical (unpaired) electrons. The first-order valence-corrected chi connectivity index (χ1v) is 7.99. The highest BCUT2D eigenvalue weighted by Gasteiger charge is 2.27. The van der Waals surface area contributed by atoms with Crippen LogP contribution in [-0.4, -0.2) is 22.6 Å². The number of nitrogens with one attached hydrogen (secondary N) is 2. The fraction of sp³-hybridized carbons (Fsp3) is 0.294. The van der Waals surface area contributed by atoms with Crippen molar-refractivity contribution < 1.29 is 14.0 Å². The number of furan rings is 1. The zero-order valence-corrected chi connectivity index (χ0v) is 13.8. The number of nitrogens with zero attached hydrogens (tertiary/aromatic N) is 2. The third kappa shape index (κ3) is 3.68. The van der Waals surface area contributed by atoms with Gasteiger partial charge in [0.1, 0.15) is 5.76 Å². The molecule has 0 saturated heterocycles. The summed E-state index contributed by atoms with van der Waals surface area (Å²) in [6.07, 6.45) is 3.91. The smallest absolute Gasteiger partial charge is 0.332 e. The van der Waals surface area contributed by atoms with Crippen molar-refractivity contribution in [3.63, 3.8) is 0 Å². The molecule has 0 aromatic carbocycles. The molecule has 1 aliphatic carbocycles. The summed E-state index contributed by atoms with van der Waals surface area (Å²) >= 11 is 0. The molecule has 0 fully saturated rings. The molecule has 0 atom stereocenters. The number of nitrogens with two attached hydrogens (primary N) is 1. The number of amides is 3. The van der Waals surface area contributed by atoms with Crippen LogP contribution in [0.5, 0.6) is 0 Å². The van der Waals surface area contributed by atoms with E-state index >= 15 is 0 Å². The predicted molar refractivity (Wildman–Crippen MR) is 91.0 cm³/mol. The SMILES string of the molecule is Cc1c(C(=O)NCc2ccccn2)oc2c1/C(=N/NC(N)=O)CCC2. The fourth-order valence-electron chi connectivity index (χ4n) is 2.87. The van der Waals surface area contributed by atoms with Crippen LogP contribution in [0.4, 0.5) is 4.79 Å². The maximum atomic E-state index is 12.5. The standard InChI is InChI=1S/C17H19N5O3/c1-10-14-12(21-22-17(18)24)6-4-7-13(14)25-15(10)16(23)20-9-11-5-2-3-8-19-11/h2-3,5,8H,4,6-7,9H2,1H3,(H,20,23)(H3,18,22,24)/b21-12+. The van der Waals surface area contributed by atoms with Crippen LogP contribution in [0.3, 0.4) is 0 Å². The number of carbonyl (C=O) groups excluding carboxylic acids is 2. The molecule has 1 aliphatic rings. The number of hydrazone groups is 1. The van der Waals surface area contributed by atoms with Crippen LogP contribution in [-0.2, 0) is 13.0 Å². The Hall–Kier alpha value is -3.16. The molecule has 0 bridgehead atoms. The molecule has 0 saturated carbocycles. The van der Waals surface area contributed by atoms with Gasteiger partial charge in [-0.2, -0.15) is 5.10 Å². The minimum atomic E-state index is -0.728. The quantitative estimate of drug-likeness (QED) is 0.731. The number of primary amides is 1. The van der Waals surface area contributed by atoms with Gasteiger partial charge in [-0.05, 0) is 31.9 Å². The van der Waals surface area contributed by atoms with E-state index < -0.39 is 6.03 Å². The average Bonchev–Trinajstić information content (AvgIpc) is 2.96. The van der Waals surface area contributed by atoms with Crippen LogP contribution < -0.4 is 16.5 Å². The van der Waals surface area contributed by atoms with Gasteiger partial charge in [-0.1, -0.05) is 6.07 Å². The molecule has 2 aromatic rings. The van der Waals surface area contributed by atoms with E-state index in [-0.39, 0.29) is 11.7 Å². The average molecular weight is 341 g/mol. The molecule has 8 nitrogen and oxygen atoms in total. The Morgan fingerprint density at radius 1 is 1.36 bits per heavy atom. The molecule has 0 spiro atoms. The van der Waals surface area contributed by atoms with Gasteiger partial charge < -0.3 is 15.5 Å². The summed E-state index contributed by atoms with van der Waals surface area (Å²) in [4.78, 5) is 27.5. The molecule has 0 aliphatic heterocycles. The van der Waals surface area contributed by atoms with Crippen molar-refractivity contribution in [1.29, 1.82) is 0 Å². The van der Waals surface area contributed by atoms with Crippen molar-refractivity contribution in [2.24, 2.45) is 10.8 Å². The second-order valence-corrected chi connectivity index (χ2v) is 5.75. The number of hydrogen-bond donors (Lipinski definition) is 3. The highest BCUT2D eigenvalue weighted by Crippen LogP contribution is 2.29. The molecule has 3 rings (SSSR count). The lowest BCUT2D eigenvalue weighted by atomic mass is 9.93. The van der Waals surface area contributed by atoms with Crippen LogP contribution >= 0.6 is 0 Å². The van der Waals surface area contributed by atoms with E-state index in [4.69, 9.17) is 10.2 Å². The van der Waals surface area contributed by atoms with E-state index in [1.165, 1.54) is 0 Å². The molecule has 2 heterocycles. The van der Waals surface area contributed by atoms with E-state index in [1.807, 2.05) is 25.1 Å². The fourth-order valence-corrected chi connectivity index (χ4v) is 2.87. The molecular weight excluding hydrogens is 322 g/mol. The Morgan fingerprint density at radius 2 is 2.20 bits per heavy atom. The first kappa shape index (κ1) is 16.7. The first-order valence-electron chi connectivity index (χ1n) is 7.99. The van der Waals surface area contributed by atoms with E-state index in [0.29, 0.717) is 30.0 Å². The van der Waals surface area contributed by atoms with Gasteiger partial charge in [-0.3, -0.25) is 9.78 Å². The number of fused-ring (bicyclic) bond motifs is 1. The van der Waals surface area contributed by atoms with Crippen LogP contribution in [0, 0.1) is 6.92 Å². The zero-order chi connectivity index (χ0) is 17.8. The van der Waals surface area contributed by atoms with E-state index in [1.54, 1.807) is 6.20 Å². The molecule has 130 valence electrons. The van der Waals surface area contributed by atoms with Crippen molar-refractivity contribution in [2.45, 2.75) is 32.7 Å². The van der Waals surface area contributed by atoms with Crippen LogP contribution in [0.2, 0.25) is 0 Å². The Kier molecular flexibility index (Phi) is 4.78. The Morgan fingerprint density at radius 3 is 2.92 bits per heavy atom. The largest absolute Gasteiger partial charge is 0.455 e.